The molecule has 0 aromatic carbocycles. The summed E-state index contributed by atoms with van der Waals surface area (Å²) in [5, 5.41) is 5.33. The molecule has 0 amide bonds. The quantitative estimate of drug-likeness (QED) is 0.835. The fourth-order valence-corrected chi connectivity index (χ4v) is 5.03. The van der Waals surface area contributed by atoms with Gasteiger partial charge < -0.3 is 10.1 Å². The molecule has 2 fully saturated rings. The van der Waals surface area contributed by atoms with Gasteiger partial charge in [-0.3, -0.25) is 0 Å². The first-order valence-electron chi connectivity index (χ1n) is 7.47. The molecule has 5 nitrogen and oxygen atoms in total. The Hall–Kier alpha value is -0.470. The van der Waals surface area contributed by atoms with Crippen LogP contribution in [0.25, 0.3) is 0 Å². The molecule has 118 valence electrons. The van der Waals surface area contributed by atoms with E-state index in [1.54, 1.807) is 6.07 Å². The third-order valence-electron chi connectivity index (χ3n) is 3.87. The van der Waals surface area contributed by atoms with Crippen molar-refractivity contribution in [1.82, 2.24) is 10.0 Å². The molecular weight excluding hydrogens is 308 g/mol. The standard InChI is InChI=1S/C14H22N2O3S2/c1-10-6-13(4-5-19-10)16-21(17,18)14-7-11(9-20-14)8-15-12-2-3-12/h7,9-10,12-13,15-16H,2-6,8H2,1H3. The Bertz CT molecular complexity index is 581. The number of ether oxygens (including phenoxy) is 1. The number of rotatable bonds is 6. The maximum Gasteiger partial charge on any atom is 0.250 e. The molecule has 2 heterocycles. The van der Waals surface area contributed by atoms with Crippen molar-refractivity contribution in [3.8, 4) is 0 Å². The summed E-state index contributed by atoms with van der Waals surface area (Å²) < 4.78 is 33.5. The van der Waals surface area contributed by atoms with Crippen LogP contribution in [0, 0.1) is 0 Å². The van der Waals surface area contributed by atoms with E-state index in [-0.39, 0.29) is 12.1 Å². The van der Waals surface area contributed by atoms with Gasteiger partial charge in [-0.05, 0) is 49.6 Å². The van der Waals surface area contributed by atoms with Crippen molar-refractivity contribution >= 4 is 21.4 Å². The zero-order valence-electron chi connectivity index (χ0n) is 12.2. The molecule has 2 N–H and O–H groups in total. The SMILES string of the molecule is CC1CC(NS(=O)(=O)c2cc(CNC3CC3)cs2)CCO1. The Labute approximate surface area is 130 Å². The zero-order chi connectivity index (χ0) is 14.9. The molecule has 2 aliphatic rings. The third kappa shape index (κ3) is 4.26. The summed E-state index contributed by atoms with van der Waals surface area (Å²) in [6.07, 6.45) is 4.07. The van der Waals surface area contributed by atoms with Crippen molar-refractivity contribution in [1.29, 1.82) is 0 Å². The first kappa shape index (κ1) is 15.4. The van der Waals surface area contributed by atoms with E-state index < -0.39 is 10.0 Å². The molecule has 1 aromatic rings. The molecular formula is C14H22N2O3S2. The second-order valence-electron chi connectivity index (χ2n) is 5.95. The average Bonchev–Trinajstić information content (AvgIpc) is 3.12. The fourth-order valence-electron chi connectivity index (χ4n) is 2.52. The predicted octanol–water partition coefficient (Wildman–Crippen LogP) is 1.85. The van der Waals surface area contributed by atoms with E-state index in [4.69, 9.17) is 4.74 Å². The van der Waals surface area contributed by atoms with Crippen LogP contribution in [0.3, 0.4) is 0 Å². The lowest BCUT2D eigenvalue weighted by molar-refractivity contribution is 0.0173. The van der Waals surface area contributed by atoms with E-state index in [2.05, 4.69) is 10.0 Å². The van der Waals surface area contributed by atoms with Crippen molar-refractivity contribution in [2.45, 2.75) is 61.5 Å². The lowest BCUT2D eigenvalue weighted by Crippen LogP contribution is -2.41. The first-order valence-corrected chi connectivity index (χ1v) is 9.84. The summed E-state index contributed by atoms with van der Waals surface area (Å²) in [6.45, 7) is 3.35. The number of nitrogens with one attached hydrogen (secondary N) is 2. The highest BCUT2D eigenvalue weighted by molar-refractivity contribution is 7.91. The average molecular weight is 330 g/mol. The van der Waals surface area contributed by atoms with Crippen LogP contribution in [0.5, 0.6) is 0 Å². The van der Waals surface area contributed by atoms with Crippen molar-refractivity contribution < 1.29 is 13.2 Å². The van der Waals surface area contributed by atoms with Crippen molar-refractivity contribution in [2.24, 2.45) is 0 Å². The highest BCUT2D eigenvalue weighted by atomic mass is 32.2. The number of thiophene rings is 1. The van der Waals surface area contributed by atoms with Gasteiger partial charge in [0.1, 0.15) is 4.21 Å². The van der Waals surface area contributed by atoms with Gasteiger partial charge in [-0.1, -0.05) is 0 Å². The van der Waals surface area contributed by atoms with Gasteiger partial charge in [-0.2, -0.15) is 0 Å². The maximum atomic E-state index is 12.4. The van der Waals surface area contributed by atoms with Crippen LogP contribution in [-0.2, 0) is 21.3 Å². The van der Waals surface area contributed by atoms with Crippen LogP contribution in [-0.4, -0.2) is 33.2 Å². The summed E-state index contributed by atoms with van der Waals surface area (Å²) in [7, 11) is -3.40. The normalized spacial score (nSPS) is 26.9. The maximum absolute atomic E-state index is 12.4. The lowest BCUT2D eigenvalue weighted by Gasteiger charge is -2.27. The number of hydrogen-bond acceptors (Lipinski definition) is 5. The second kappa shape index (κ2) is 6.34. The van der Waals surface area contributed by atoms with E-state index >= 15 is 0 Å². The van der Waals surface area contributed by atoms with E-state index in [1.807, 2.05) is 12.3 Å². The molecule has 21 heavy (non-hydrogen) atoms. The lowest BCUT2D eigenvalue weighted by atomic mass is 10.1. The summed E-state index contributed by atoms with van der Waals surface area (Å²) in [4.78, 5) is 0. The van der Waals surface area contributed by atoms with Gasteiger partial charge in [0.15, 0.2) is 0 Å². The Balaban J connectivity index is 1.60. The van der Waals surface area contributed by atoms with Crippen molar-refractivity contribution in [3.05, 3.63) is 17.0 Å². The summed E-state index contributed by atoms with van der Waals surface area (Å²) in [5.41, 5.74) is 1.05. The summed E-state index contributed by atoms with van der Waals surface area (Å²) in [6, 6.07) is 2.39. The molecule has 1 aliphatic heterocycles. The predicted molar refractivity (Wildman–Crippen MR) is 82.9 cm³/mol. The minimum absolute atomic E-state index is 0.0195. The molecule has 1 aromatic heterocycles. The van der Waals surface area contributed by atoms with Crippen LogP contribution < -0.4 is 10.0 Å². The highest BCUT2D eigenvalue weighted by Gasteiger charge is 2.26. The molecule has 1 saturated carbocycles. The minimum atomic E-state index is -3.40. The molecule has 0 spiro atoms. The topological polar surface area (TPSA) is 67.4 Å². The summed E-state index contributed by atoms with van der Waals surface area (Å²) >= 11 is 1.30. The van der Waals surface area contributed by atoms with Gasteiger partial charge in [-0.15, -0.1) is 11.3 Å². The van der Waals surface area contributed by atoms with E-state index in [9.17, 15) is 8.42 Å². The molecule has 3 rings (SSSR count). The number of hydrogen-bond donors (Lipinski definition) is 2. The smallest absolute Gasteiger partial charge is 0.250 e. The third-order valence-corrected chi connectivity index (χ3v) is 6.88. The van der Waals surface area contributed by atoms with Gasteiger partial charge in [0.05, 0.1) is 6.10 Å². The van der Waals surface area contributed by atoms with Crippen LogP contribution in [0.4, 0.5) is 0 Å². The van der Waals surface area contributed by atoms with Crippen LogP contribution in [0.15, 0.2) is 15.7 Å². The van der Waals surface area contributed by atoms with Gasteiger partial charge in [0.2, 0.25) is 10.0 Å². The van der Waals surface area contributed by atoms with Crippen molar-refractivity contribution in [3.63, 3.8) is 0 Å². The molecule has 0 bridgehead atoms. The van der Waals surface area contributed by atoms with Crippen LogP contribution in [0.2, 0.25) is 0 Å². The zero-order valence-corrected chi connectivity index (χ0v) is 13.8. The van der Waals surface area contributed by atoms with Gasteiger partial charge in [0.25, 0.3) is 0 Å². The van der Waals surface area contributed by atoms with E-state index in [0.29, 0.717) is 16.9 Å². The van der Waals surface area contributed by atoms with Gasteiger partial charge >= 0.3 is 0 Å². The molecule has 2 atom stereocenters. The van der Waals surface area contributed by atoms with E-state index in [1.165, 1.54) is 24.2 Å². The van der Waals surface area contributed by atoms with Gasteiger partial charge in [-0.25, -0.2) is 13.1 Å². The van der Waals surface area contributed by atoms with E-state index in [0.717, 1.165) is 24.9 Å². The van der Waals surface area contributed by atoms with Crippen molar-refractivity contribution in [2.75, 3.05) is 6.61 Å². The Morgan fingerprint density at radius 1 is 1.33 bits per heavy atom. The Morgan fingerprint density at radius 2 is 2.14 bits per heavy atom. The summed E-state index contributed by atoms with van der Waals surface area (Å²) in [5.74, 6) is 0. The molecule has 1 saturated heterocycles. The molecule has 7 heteroatoms. The first-order chi connectivity index (χ1) is 10.0. The largest absolute Gasteiger partial charge is 0.378 e. The molecule has 1 aliphatic carbocycles. The molecule has 0 radical (unpaired) electrons. The van der Waals surface area contributed by atoms with Crippen LogP contribution in [0.1, 0.15) is 38.2 Å². The van der Waals surface area contributed by atoms with Crippen LogP contribution >= 0.6 is 11.3 Å². The highest BCUT2D eigenvalue weighted by Crippen LogP contribution is 2.24. The minimum Gasteiger partial charge on any atom is -0.378 e. The Kier molecular flexibility index (Phi) is 4.66. The molecule has 2 unspecified atom stereocenters. The van der Waals surface area contributed by atoms with Gasteiger partial charge in [0, 0.05) is 25.2 Å². The monoisotopic (exact) mass is 330 g/mol. The second-order valence-corrected chi connectivity index (χ2v) is 8.81. The fraction of sp³-hybridized carbons (Fsp3) is 0.714. The number of sulfonamides is 1. The Morgan fingerprint density at radius 3 is 2.86 bits per heavy atom.